The fourth-order valence-corrected chi connectivity index (χ4v) is 3.12. The highest BCUT2D eigenvalue weighted by atomic mass is 15.3. The molecule has 21 heavy (non-hydrogen) atoms. The van der Waals surface area contributed by atoms with Crippen LogP contribution in [0.1, 0.15) is 19.0 Å². The molecule has 0 atom stereocenters. The van der Waals surface area contributed by atoms with Gasteiger partial charge in [-0.25, -0.2) is 4.98 Å². The maximum Gasteiger partial charge on any atom is 0.152 e. The molecule has 3 rings (SSSR count). The molecule has 1 fully saturated rings. The Kier molecular flexibility index (Phi) is 4.41. The number of aromatic nitrogens is 2. The smallest absolute Gasteiger partial charge is 0.152 e. The normalized spacial score (nSPS) is 16.8. The third-order valence-electron chi connectivity index (χ3n) is 4.16. The SMILES string of the molecule is CCCN1CCN(c2nc3ccccn3c2CNC)CC1. The average Bonchev–Trinajstić information content (AvgIpc) is 2.88. The maximum absolute atomic E-state index is 4.86. The summed E-state index contributed by atoms with van der Waals surface area (Å²) in [6, 6.07) is 6.20. The van der Waals surface area contributed by atoms with E-state index in [9.17, 15) is 0 Å². The Morgan fingerprint density at radius 1 is 1.19 bits per heavy atom. The van der Waals surface area contributed by atoms with Crippen molar-refractivity contribution in [1.82, 2.24) is 19.6 Å². The van der Waals surface area contributed by atoms with Crippen molar-refractivity contribution in [2.75, 3.05) is 44.7 Å². The summed E-state index contributed by atoms with van der Waals surface area (Å²) in [5, 5.41) is 3.27. The highest BCUT2D eigenvalue weighted by molar-refractivity contribution is 5.56. The van der Waals surface area contributed by atoms with E-state index in [-0.39, 0.29) is 0 Å². The van der Waals surface area contributed by atoms with E-state index < -0.39 is 0 Å². The predicted octanol–water partition coefficient (Wildman–Crippen LogP) is 1.59. The summed E-state index contributed by atoms with van der Waals surface area (Å²) in [5.74, 6) is 1.15. The van der Waals surface area contributed by atoms with E-state index >= 15 is 0 Å². The van der Waals surface area contributed by atoms with E-state index in [1.165, 1.54) is 18.7 Å². The molecular weight excluding hydrogens is 262 g/mol. The summed E-state index contributed by atoms with van der Waals surface area (Å²) < 4.78 is 2.20. The lowest BCUT2D eigenvalue weighted by Crippen LogP contribution is -2.47. The van der Waals surface area contributed by atoms with Crippen LogP contribution in [0, 0.1) is 0 Å². The van der Waals surface area contributed by atoms with Crippen LogP contribution in [0.3, 0.4) is 0 Å². The highest BCUT2D eigenvalue weighted by Gasteiger charge is 2.22. The van der Waals surface area contributed by atoms with Gasteiger partial charge in [0.1, 0.15) is 5.65 Å². The van der Waals surface area contributed by atoms with Crippen LogP contribution in [0.4, 0.5) is 5.82 Å². The topological polar surface area (TPSA) is 35.8 Å². The molecule has 1 saturated heterocycles. The van der Waals surface area contributed by atoms with Crippen molar-refractivity contribution >= 4 is 11.5 Å². The number of hydrogen-bond donors (Lipinski definition) is 1. The zero-order valence-electron chi connectivity index (χ0n) is 13.0. The Morgan fingerprint density at radius 2 is 2.00 bits per heavy atom. The molecular formula is C16H25N5. The standard InChI is InChI=1S/C16H25N5/c1-3-7-19-9-11-20(12-10-19)16-14(13-17-2)21-8-5-4-6-15(21)18-16/h4-6,8,17H,3,7,9-13H2,1-2H3. The molecule has 0 spiro atoms. The number of pyridine rings is 1. The Labute approximate surface area is 126 Å². The second kappa shape index (κ2) is 6.45. The summed E-state index contributed by atoms with van der Waals surface area (Å²) in [7, 11) is 1.99. The van der Waals surface area contributed by atoms with Gasteiger partial charge in [-0.05, 0) is 32.1 Å². The van der Waals surface area contributed by atoms with E-state index in [1.54, 1.807) is 0 Å². The molecule has 0 saturated carbocycles. The lowest BCUT2D eigenvalue weighted by molar-refractivity contribution is 0.258. The largest absolute Gasteiger partial charge is 0.352 e. The van der Waals surface area contributed by atoms with Crippen molar-refractivity contribution in [3.63, 3.8) is 0 Å². The summed E-state index contributed by atoms with van der Waals surface area (Å²) in [5.41, 5.74) is 2.30. The highest BCUT2D eigenvalue weighted by Crippen LogP contribution is 2.23. The van der Waals surface area contributed by atoms with Crippen LogP contribution in [0.5, 0.6) is 0 Å². The molecule has 0 radical (unpaired) electrons. The molecule has 2 aromatic heterocycles. The quantitative estimate of drug-likeness (QED) is 0.906. The van der Waals surface area contributed by atoms with Gasteiger partial charge in [-0.15, -0.1) is 0 Å². The van der Waals surface area contributed by atoms with Crippen LogP contribution in [0.2, 0.25) is 0 Å². The molecule has 5 nitrogen and oxygen atoms in total. The Balaban J connectivity index is 1.85. The monoisotopic (exact) mass is 287 g/mol. The summed E-state index contributed by atoms with van der Waals surface area (Å²) >= 11 is 0. The predicted molar refractivity (Wildman–Crippen MR) is 86.9 cm³/mol. The van der Waals surface area contributed by atoms with Crippen LogP contribution in [0.15, 0.2) is 24.4 Å². The van der Waals surface area contributed by atoms with Gasteiger partial charge in [0.05, 0.1) is 5.69 Å². The zero-order valence-corrected chi connectivity index (χ0v) is 13.0. The first-order valence-electron chi connectivity index (χ1n) is 7.91. The van der Waals surface area contributed by atoms with Crippen molar-refractivity contribution in [3.05, 3.63) is 30.1 Å². The van der Waals surface area contributed by atoms with Crippen molar-refractivity contribution in [2.45, 2.75) is 19.9 Å². The maximum atomic E-state index is 4.86. The fourth-order valence-electron chi connectivity index (χ4n) is 3.12. The average molecular weight is 287 g/mol. The van der Waals surface area contributed by atoms with E-state index in [0.717, 1.165) is 44.2 Å². The fraction of sp³-hybridized carbons (Fsp3) is 0.562. The molecule has 5 heteroatoms. The summed E-state index contributed by atoms with van der Waals surface area (Å²) in [6.07, 6.45) is 3.34. The molecule has 114 valence electrons. The lowest BCUT2D eigenvalue weighted by Gasteiger charge is -2.35. The second-order valence-electron chi connectivity index (χ2n) is 5.67. The molecule has 2 aromatic rings. The van der Waals surface area contributed by atoms with Gasteiger partial charge in [0.25, 0.3) is 0 Å². The number of fused-ring (bicyclic) bond motifs is 1. The van der Waals surface area contributed by atoms with E-state index in [0.29, 0.717) is 0 Å². The second-order valence-corrected chi connectivity index (χ2v) is 5.67. The number of hydrogen-bond acceptors (Lipinski definition) is 4. The van der Waals surface area contributed by atoms with Gasteiger partial charge < -0.3 is 14.6 Å². The minimum absolute atomic E-state index is 0.843. The third kappa shape index (κ3) is 2.89. The molecule has 0 amide bonds. The molecule has 1 aliphatic rings. The molecule has 1 aliphatic heterocycles. The number of anilines is 1. The van der Waals surface area contributed by atoms with Crippen molar-refractivity contribution in [2.24, 2.45) is 0 Å². The van der Waals surface area contributed by atoms with Crippen LogP contribution < -0.4 is 10.2 Å². The van der Waals surface area contributed by atoms with Gasteiger partial charge in [0, 0.05) is 38.9 Å². The number of nitrogens with one attached hydrogen (secondary N) is 1. The van der Waals surface area contributed by atoms with Crippen molar-refractivity contribution in [1.29, 1.82) is 0 Å². The van der Waals surface area contributed by atoms with Crippen LogP contribution >= 0.6 is 0 Å². The van der Waals surface area contributed by atoms with Gasteiger partial charge in [0.2, 0.25) is 0 Å². The molecule has 0 aliphatic carbocycles. The zero-order chi connectivity index (χ0) is 14.7. The number of nitrogens with zero attached hydrogens (tertiary/aromatic N) is 4. The Bertz CT molecular complexity index is 583. The minimum Gasteiger partial charge on any atom is -0.352 e. The number of piperazine rings is 1. The van der Waals surface area contributed by atoms with Crippen molar-refractivity contribution < 1.29 is 0 Å². The molecule has 0 unspecified atom stereocenters. The first kappa shape index (κ1) is 14.4. The van der Waals surface area contributed by atoms with Crippen LogP contribution in [-0.4, -0.2) is 54.1 Å². The molecule has 0 bridgehead atoms. The number of imidazole rings is 1. The van der Waals surface area contributed by atoms with E-state index in [2.05, 4.69) is 50.8 Å². The van der Waals surface area contributed by atoms with E-state index in [1.807, 2.05) is 7.05 Å². The van der Waals surface area contributed by atoms with Gasteiger partial charge >= 0.3 is 0 Å². The van der Waals surface area contributed by atoms with Gasteiger partial charge in [-0.3, -0.25) is 4.90 Å². The van der Waals surface area contributed by atoms with Gasteiger partial charge in [-0.2, -0.15) is 0 Å². The summed E-state index contributed by atoms with van der Waals surface area (Å²) in [6.45, 7) is 8.72. The molecule has 3 heterocycles. The van der Waals surface area contributed by atoms with Gasteiger partial charge in [0.15, 0.2) is 5.82 Å². The molecule has 0 aromatic carbocycles. The minimum atomic E-state index is 0.843. The first-order valence-corrected chi connectivity index (χ1v) is 7.91. The Morgan fingerprint density at radius 3 is 2.71 bits per heavy atom. The number of rotatable bonds is 5. The third-order valence-corrected chi connectivity index (χ3v) is 4.16. The first-order chi connectivity index (χ1) is 10.3. The van der Waals surface area contributed by atoms with Gasteiger partial charge in [-0.1, -0.05) is 13.0 Å². The molecule has 1 N–H and O–H groups in total. The van der Waals surface area contributed by atoms with E-state index in [4.69, 9.17) is 4.98 Å². The van der Waals surface area contributed by atoms with Crippen LogP contribution in [-0.2, 0) is 6.54 Å². The lowest BCUT2D eigenvalue weighted by atomic mass is 10.2. The summed E-state index contributed by atoms with van der Waals surface area (Å²) in [4.78, 5) is 9.84. The van der Waals surface area contributed by atoms with Crippen molar-refractivity contribution in [3.8, 4) is 0 Å². The van der Waals surface area contributed by atoms with Crippen LogP contribution in [0.25, 0.3) is 5.65 Å². The Hall–Kier alpha value is -1.59.